The number of hydrogen-bond acceptors (Lipinski definition) is 2. The Hall–Kier alpha value is -0.710. The maximum atomic E-state index is 12.4. The highest BCUT2D eigenvalue weighted by atomic mass is 19.3. The standard InChI is InChI=1S/C9H16F2N2O/c1-6(2)3-7(12)8(14)13-4-9(10,11)5-13/h6-7H,3-5,12H2,1-2H3/t7-/m0/s1. The Labute approximate surface area is 82.2 Å². The molecule has 5 heteroatoms. The average Bonchev–Trinajstić information content (AvgIpc) is 1.97. The lowest BCUT2D eigenvalue weighted by Gasteiger charge is -2.40. The fourth-order valence-corrected chi connectivity index (χ4v) is 1.51. The molecule has 1 atom stereocenters. The number of nitrogens with two attached hydrogens (primary N) is 1. The Kier molecular flexibility index (Phi) is 3.09. The maximum Gasteiger partial charge on any atom is 0.282 e. The summed E-state index contributed by atoms with van der Waals surface area (Å²) in [7, 11) is 0. The van der Waals surface area contributed by atoms with Crippen LogP contribution in [0.1, 0.15) is 20.3 Å². The van der Waals surface area contributed by atoms with Gasteiger partial charge in [0.25, 0.3) is 5.92 Å². The SMILES string of the molecule is CC(C)C[C@H](N)C(=O)N1CC(F)(F)C1. The number of alkyl halides is 2. The molecule has 82 valence electrons. The van der Waals surface area contributed by atoms with Crippen molar-refractivity contribution in [1.29, 1.82) is 0 Å². The summed E-state index contributed by atoms with van der Waals surface area (Å²) >= 11 is 0. The van der Waals surface area contributed by atoms with Crippen molar-refractivity contribution in [3.8, 4) is 0 Å². The van der Waals surface area contributed by atoms with E-state index in [4.69, 9.17) is 5.73 Å². The molecule has 1 amide bonds. The summed E-state index contributed by atoms with van der Waals surface area (Å²) in [5.41, 5.74) is 5.58. The van der Waals surface area contributed by atoms with Gasteiger partial charge in [0.2, 0.25) is 5.91 Å². The first-order valence-electron chi connectivity index (χ1n) is 4.74. The minimum Gasteiger partial charge on any atom is -0.329 e. The zero-order valence-corrected chi connectivity index (χ0v) is 8.46. The van der Waals surface area contributed by atoms with Gasteiger partial charge < -0.3 is 10.6 Å². The van der Waals surface area contributed by atoms with Crippen LogP contribution in [0.2, 0.25) is 0 Å². The van der Waals surface area contributed by atoms with E-state index >= 15 is 0 Å². The fraction of sp³-hybridized carbons (Fsp3) is 0.889. The van der Waals surface area contributed by atoms with Crippen molar-refractivity contribution in [1.82, 2.24) is 4.90 Å². The molecule has 1 rings (SSSR count). The molecule has 0 saturated carbocycles. The molecule has 0 aromatic rings. The van der Waals surface area contributed by atoms with Crippen LogP contribution < -0.4 is 5.73 Å². The first-order valence-corrected chi connectivity index (χ1v) is 4.74. The summed E-state index contributed by atoms with van der Waals surface area (Å²) in [5.74, 6) is -2.76. The molecule has 0 spiro atoms. The van der Waals surface area contributed by atoms with E-state index in [1.807, 2.05) is 13.8 Å². The first kappa shape index (κ1) is 11.4. The van der Waals surface area contributed by atoms with Crippen LogP contribution >= 0.6 is 0 Å². The second-order valence-corrected chi connectivity index (χ2v) is 4.29. The van der Waals surface area contributed by atoms with Crippen molar-refractivity contribution in [2.75, 3.05) is 13.1 Å². The van der Waals surface area contributed by atoms with Gasteiger partial charge in [-0.05, 0) is 12.3 Å². The van der Waals surface area contributed by atoms with Gasteiger partial charge >= 0.3 is 0 Å². The van der Waals surface area contributed by atoms with E-state index in [9.17, 15) is 13.6 Å². The first-order chi connectivity index (χ1) is 6.32. The van der Waals surface area contributed by atoms with Gasteiger partial charge in [-0.25, -0.2) is 8.78 Å². The van der Waals surface area contributed by atoms with E-state index < -0.39 is 25.1 Å². The fourth-order valence-electron chi connectivity index (χ4n) is 1.51. The van der Waals surface area contributed by atoms with Crippen molar-refractivity contribution in [2.45, 2.75) is 32.2 Å². The number of likely N-dealkylation sites (tertiary alicyclic amines) is 1. The van der Waals surface area contributed by atoms with E-state index in [-0.39, 0.29) is 5.91 Å². The lowest BCUT2D eigenvalue weighted by Crippen LogP contribution is -2.61. The van der Waals surface area contributed by atoms with Crippen molar-refractivity contribution >= 4 is 5.91 Å². The van der Waals surface area contributed by atoms with Gasteiger partial charge in [0.15, 0.2) is 0 Å². The second-order valence-electron chi connectivity index (χ2n) is 4.29. The number of rotatable bonds is 3. The van der Waals surface area contributed by atoms with E-state index in [1.165, 1.54) is 0 Å². The number of carbonyl (C=O) groups excluding carboxylic acids is 1. The van der Waals surface area contributed by atoms with Crippen molar-refractivity contribution in [3.63, 3.8) is 0 Å². The summed E-state index contributed by atoms with van der Waals surface area (Å²) < 4.78 is 24.9. The van der Waals surface area contributed by atoms with Crippen LogP contribution in [0.5, 0.6) is 0 Å². The van der Waals surface area contributed by atoms with Crippen LogP contribution in [0.25, 0.3) is 0 Å². The summed E-state index contributed by atoms with van der Waals surface area (Å²) in [5, 5.41) is 0. The predicted octanol–water partition coefficient (Wildman–Crippen LogP) is 0.837. The van der Waals surface area contributed by atoms with Crippen LogP contribution in [0.15, 0.2) is 0 Å². The Bertz CT molecular complexity index is 216. The third-order valence-corrected chi connectivity index (χ3v) is 2.20. The van der Waals surface area contributed by atoms with Gasteiger partial charge in [0, 0.05) is 0 Å². The van der Waals surface area contributed by atoms with Gasteiger partial charge in [0.1, 0.15) is 0 Å². The molecular formula is C9H16F2N2O. The Morgan fingerprint density at radius 1 is 1.50 bits per heavy atom. The van der Waals surface area contributed by atoms with Crippen LogP contribution in [0.4, 0.5) is 8.78 Å². The Morgan fingerprint density at radius 3 is 2.36 bits per heavy atom. The molecule has 1 saturated heterocycles. The van der Waals surface area contributed by atoms with Crippen molar-refractivity contribution < 1.29 is 13.6 Å². The average molecular weight is 206 g/mol. The molecule has 0 aliphatic carbocycles. The zero-order chi connectivity index (χ0) is 10.9. The van der Waals surface area contributed by atoms with Crippen LogP contribution in [0.3, 0.4) is 0 Å². The van der Waals surface area contributed by atoms with Gasteiger partial charge in [-0.3, -0.25) is 4.79 Å². The molecule has 0 radical (unpaired) electrons. The van der Waals surface area contributed by atoms with E-state index in [2.05, 4.69) is 0 Å². The molecule has 0 bridgehead atoms. The van der Waals surface area contributed by atoms with Gasteiger partial charge in [-0.1, -0.05) is 13.8 Å². The van der Waals surface area contributed by atoms with E-state index in [1.54, 1.807) is 0 Å². The van der Waals surface area contributed by atoms with Crippen LogP contribution in [-0.4, -0.2) is 35.9 Å². The Morgan fingerprint density at radius 2 is 2.00 bits per heavy atom. The van der Waals surface area contributed by atoms with Crippen molar-refractivity contribution in [3.05, 3.63) is 0 Å². The number of halogens is 2. The largest absolute Gasteiger partial charge is 0.329 e. The molecule has 0 aromatic carbocycles. The lowest BCUT2D eigenvalue weighted by atomic mass is 10.0. The smallest absolute Gasteiger partial charge is 0.282 e. The second kappa shape index (κ2) is 3.81. The maximum absolute atomic E-state index is 12.4. The highest BCUT2D eigenvalue weighted by molar-refractivity contribution is 5.82. The number of hydrogen-bond donors (Lipinski definition) is 1. The number of amides is 1. The molecule has 14 heavy (non-hydrogen) atoms. The van der Waals surface area contributed by atoms with Gasteiger partial charge in [-0.15, -0.1) is 0 Å². The third kappa shape index (κ3) is 2.64. The molecule has 3 nitrogen and oxygen atoms in total. The minimum atomic E-state index is -2.70. The van der Waals surface area contributed by atoms with Gasteiger partial charge in [0.05, 0.1) is 19.1 Å². The topological polar surface area (TPSA) is 46.3 Å². The molecule has 1 aliphatic rings. The highest BCUT2D eigenvalue weighted by Crippen LogP contribution is 2.27. The summed E-state index contributed by atoms with van der Waals surface area (Å²) in [6.45, 7) is 2.94. The van der Waals surface area contributed by atoms with E-state index in [0.29, 0.717) is 12.3 Å². The molecule has 1 heterocycles. The molecule has 0 aromatic heterocycles. The zero-order valence-electron chi connectivity index (χ0n) is 8.46. The molecular weight excluding hydrogens is 190 g/mol. The number of carbonyl (C=O) groups is 1. The highest BCUT2D eigenvalue weighted by Gasteiger charge is 2.47. The van der Waals surface area contributed by atoms with Crippen molar-refractivity contribution in [2.24, 2.45) is 11.7 Å². The molecule has 1 aliphatic heterocycles. The predicted molar refractivity (Wildman–Crippen MR) is 49.0 cm³/mol. The van der Waals surface area contributed by atoms with Gasteiger partial charge in [-0.2, -0.15) is 0 Å². The molecule has 1 fully saturated rings. The summed E-state index contributed by atoms with van der Waals surface area (Å²) in [4.78, 5) is 12.5. The van der Waals surface area contributed by atoms with Crippen LogP contribution in [0, 0.1) is 5.92 Å². The Balaban J connectivity index is 2.36. The van der Waals surface area contributed by atoms with Crippen LogP contribution in [-0.2, 0) is 4.79 Å². The summed E-state index contributed by atoms with van der Waals surface area (Å²) in [6, 6.07) is -0.633. The normalized spacial score (nSPS) is 22.0. The lowest BCUT2D eigenvalue weighted by molar-refractivity contribution is -0.167. The summed E-state index contributed by atoms with van der Waals surface area (Å²) in [6.07, 6.45) is 0.543. The quantitative estimate of drug-likeness (QED) is 0.743. The third-order valence-electron chi connectivity index (χ3n) is 2.20. The number of nitrogens with zero attached hydrogens (tertiary/aromatic N) is 1. The van der Waals surface area contributed by atoms with E-state index in [0.717, 1.165) is 4.90 Å². The monoisotopic (exact) mass is 206 g/mol. The molecule has 2 N–H and O–H groups in total. The molecule has 0 unspecified atom stereocenters. The minimum absolute atomic E-state index is 0.302.